The van der Waals surface area contributed by atoms with E-state index in [1.807, 2.05) is 43.3 Å². The van der Waals surface area contributed by atoms with Crippen LogP contribution in [0.2, 0.25) is 0 Å². The predicted octanol–water partition coefficient (Wildman–Crippen LogP) is 5.28. The van der Waals surface area contributed by atoms with Crippen LogP contribution < -0.4 is 10.1 Å². The van der Waals surface area contributed by atoms with E-state index in [0.29, 0.717) is 5.82 Å². The van der Waals surface area contributed by atoms with Crippen molar-refractivity contribution in [2.24, 2.45) is 0 Å². The highest BCUT2D eigenvalue weighted by Gasteiger charge is 2.18. The summed E-state index contributed by atoms with van der Waals surface area (Å²) >= 11 is 1.57. The molecule has 0 saturated carbocycles. The van der Waals surface area contributed by atoms with Crippen molar-refractivity contribution >= 4 is 33.3 Å². The number of methoxy groups -OCH3 is 1. The molecule has 0 aliphatic carbocycles. The minimum atomic E-state index is -0.109. The first kappa shape index (κ1) is 21.1. The zero-order valence-electron chi connectivity index (χ0n) is 18.4. The molecule has 7 heteroatoms. The molecule has 4 rings (SSSR count). The Kier molecular flexibility index (Phi) is 5.54. The average Bonchev–Trinajstić information content (AvgIpc) is 3.30. The Morgan fingerprint density at radius 2 is 1.87 bits per heavy atom. The quantitative estimate of drug-likeness (QED) is 0.464. The number of carbonyl (C=O) groups excluding carboxylic acids is 1. The van der Waals surface area contributed by atoms with Crippen molar-refractivity contribution in [2.45, 2.75) is 39.5 Å². The van der Waals surface area contributed by atoms with Crippen LogP contribution in [0, 0.1) is 6.92 Å². The summed E-state index contributed by atoms with van der Waals surface area (Å²) in [6, 6.07) is 15.7. The number of ether oxygens (including phenoxy) is 1. The molecule has 0 unspecified atom stereocenters. The Morgan fingerprint density at radius 3 is 2.55 bits per heavy atom. The summed E-state index contributed by atoms with van der Waals surface area (Å²) in [6.45, 7) is 8.50. The fraction of sp³-hybridized carbons (Fsp3) is 0.292. The fourth-order valence-corrected chi connectivity index (χ4v) is 4.29. The van der Waals surface area contributed by atoms with E-state index in [1.54, 1.807) is 23.1 Å². The van der Waals surface area contributed by atoms with Crippen molar-refractivity contribution in [3.8, 4) is 10.9 Å². The highest BCUT2D eigenvalue weighted by molar-refractivity contribution is 7.20. The summed E-state index contributed by atoms with van der Waals surface area (Å²) in [5, 5.41) is 8.28. The van der Waals surface area contributed by atoms with E-state index >= 15 is 0 Å². The van der Waals surface area contributed by atoms with E-state index < -0.39 is 0 Å². The molecule has 4 aromatic rings. The van der Waals surface area contributed by atoms with Crippen molar-refractivity contribution < 1.29 is 9.53 Å². The Morgan fingerprint density at radius 1 is 1.13 bits per heavy atom. The molecule has 1 amide bonds. The van der Waals surface area contributed by atoms with E-state index in [-0.39, 0.29) is 17.7 Å². The van der Waals surface area contributed by atoms with Crippen LogP contribution in [0.25, 0.3) is 15.3 Å². The third kappa shape index (κ3) is 4.61. The van der Waals surface area contributed by atoms with E-state index in [9.17, 15) is 4.79 Å². The summed E-state index contributed by atoms with van der Waals surface area (Å²) in [5.41, 5.74) is 3.99. The van der Waals surface area contributed by atoms with Gasteiger partial charge in [-0.2, -0.15) is 9.78 Å². The second-order valence-electron chi connectivity index (χ2n) is 8.58. The van der Waals surface area contributed by atoms with Gasteiger partial charge < -0.3 is 10.1 Å². The zero-order valence-corrected chi connectivity index (χ0v) is 19.2. The Bertz CT molecular complexity index is 1230. The molecular weight excluding hydrogens is 408 g/mol. The van der Waals surface area contributed by atoms with Crippen molar-refractivity contribution in [3.63, 3.8) is 0 Å². The number of thiazole rings is 1. The molecule has 0 radical (unpaired) electrons. The smallest absolute Gasteiger partial charge is 0.229 e. The molecule has 6 nitrogen and oxygen atoms in total. The van der Waals surface area contributed by atoms with Crippen LogP contribution in [0.15, 0.2) is 48.5 Å². The number of benzene rings is 2. The molecule has 31 heavy (non-hydrogen) atoms. The number of amides is 1. The molecule has 0 spiro atoms. The number of rotatable bonds is 5. The van der Waals surface area contributed by atoms with Crippen LogP contribution in [0.1, 0.15) is 37.6 Å². The summed E-state index contributed by atoms with van der Waals surface area (Å²) < 4.78 is 7.98. The molecule has 0 saturated heterocycles. The van der Waals surface area contributed by atoms with Gasteiger partial charge in [0, 0.05) is 6.07 Å². The molecule has 2 heterocycles. The number of anilines is 1. The molecule has 0 atom stereocenters. The minimum absolute atomic E-state index is 0.0707. The van der Waals surface area contributed by atoms with Crippen molar-refractivity contribution in [1.82, 2.24) is 14.8 Å². The number of aromatic nitrogens is 3. The number of aryl methyl sites for hydroxylation is 1. The third-order valence-electron chi connectivity index (χ3n) is 5.05. The summed E-state index contributed by atoms with van der Waals surface area (Å²) in [7, 11) is 1.62. The first-order valence-electron chi connectivity index (χ1n) is 10.1. The average molecular weight is 435 g/mol. The van der Waals surface area contributed by atoms with Crippen LogP contribution in [-0.2, 0) is 16.6 Å². The number of hydrogen-bond donors (Lipinski definition) is 1. The second-order valence-corrected chi connectivity index (χ2v) is 9.59. The van der Waals surface area contributed by atoms with Crippen molar-refractivity contribution in [2.75, 3.05) is 12.4 Å². The van der Waals surface area contributed by atoms with E-state index in [1.165, 1.54) is 5.56 Å². The maximum Gasteiger partial charge on any atom is 0.229 e. The summed E-state index contributed by atoms with van der Waals surface area (Å²) in [4.78, 5) is 17.4. The highest BCUT2D eigenvalue weighted by atomic mass is 32.1. The summed E-state index contributed by atoms with van der Waals surface area (Å²) in [6.07, 6.45) is 0.267. The second kappa shape index (κ2) is 8.15. The lowest BCUT2D eigenvalue weighted by Gasteiger charge is -2.18. The monoisotopic (exact) mass is 434 g/mol. The van der Waals surface area contributed by atoms with Crippen LogP contribution in [0.4, 0.5) is 5.82 Å². The van der Waals surface area contributed by atoms with Gasteiger partial charge >= 0.3 is 0 Å². The zero-order chi connectivity index (χ0) is 22.2. The fourth-order valence-electron chi connectivity index (χ4n) is 3.32. The SMILES string of the molecule is COc1ccc(CC(=O)Nc2cc(C)nn2-c2nc3ccc(C(C)(C)C)cc3s2)cc1. The standard InChI is InChI=1S/C24H26N4O2S/c1-15-12-21(26-22(29)13-16-6-9-18(30-5)10-7-16)28(27-15)23-25-19-11-8-17(24(2,3)4)14-20(19)31-23/h6-12,14H,13H2,1-5H3,(H,26,29). The first-order valence-corrected chi connectivity index (χ1v) is 11.0. The molecule has 0 aliphatic rings. The molecule has 2 aromatic carbocycles. The van der Waals surface area contributed by atoms with Gasteiger partial charge in [0.05, 0.1) is 29.4 Å². The van der Waals surface area contributed by atoms with Crippen LogP contribution in [0.3, 0.4) is 0 Å². The van der Waals surface area contributed by atoms with Gasteiger partial charge in [0.2, 0.25) is 11.0 Å². The van der Waals surface area contributed by atoms with Crippen LogP contribution >= 0.6 is 11.3 Å². The Hall–Kier alpha value is -3.19. The highest BCUT2D eigenvalue weighted by Crippen LogP contribution is 2.31. The number of fused-ring (bicyclic) bond motifs is 1. The van der Waals surface area contributed by atoms with Crippen LogP contribution in [-0.4, -0.2) is 27.8 Å². The van der Waals surface area contributed by atoms with Gasteiger partial charge in [-0.3, -0.25) is 4.79 Å². The van der Waals surface area contributed by atoms with Crippen molar-refractivity contribution in [1.29, 1.82) is 0 Å². The minimum Gasteiger partial charge on any atom is -0.497 e. The molecule has 160 valence electrons. The van der Waals surface area contributed by atoms with E-state index in [2.05, 4.69) is 43.3 Å². The Labute approximate surface area is 185 Å². The number of nitrogens with zero attached hydrogens (tertiary/aromatic N) is 3. The normalized spacial score (nSPS) is 11.6. The molecule has 0 bridgehead atoms. The topological polar surface area (TPSA) is 69.0 Å². The molecule has 0 fully saturated rings. The maximum atomic E-state index is 12.7. The predicted molar refractivity (Wildman–Crippen MR) is 126 cm³/mol. The molecule has 2 aromatic heterocycles. The maximum absolute atomic E-state index is 12.7. The van der Waals surface area contributed by atoms with E-state index in [4.69, 9.17) is 9.72 Å². The van der Waals surface area contributed by atoms with E-state index in [0.717, 1.165) is 32.4 Å². The molecular formula is C24H26N4O2S. The molecule has 0 aliphatic heterocycles. The van der Waals surface area contributed by atoms with Gasteiger partial charge in [0.15, 0.2) is 0 Å². The largest absolute Gasteiger partial charge is 0.497 e. The van der Waals surface area contributed by atoms with Gasteiger partial charge in [0.25, 0.3) is 0 Å². The van der Waals surface area contributed by atoms with Gasteiger partial charge in [-0.25, -0.2) is 4.98 Å². The van der Waals surface area contributed by atoms with Gasteiger partial charge in [0.1, 0.15) is 11.6 Å². The lowest BCUT2D eigenvalue weighted by Crippen LogP contribution is -2.17. The van der Waals surface area contributed by atoms with Crippen molar-refractivity contribution in [3.05, 3.63) is 65.4 Å². The number of nitrogens with one attached hydrogen (secondary N) is 1. The van der Waals surface area contributed by atoms with Crippen LogP contribution in [0.5, 0.6) is 5.75 Å². The lowest BCUT2D eigenvalue weighted by atomic mass is 9.87. The van der Waals surface area contributed by atoms with Gasteiger partial charge in [-0.05, 0) is 47.7 Å². The van der Waals surface area contributed by atoms with Gasteiger partial charge in [-0.15, -0.1) is 0 Å². The third-order valence-corrected chi connectivity index (χ3v) is 6.04. The number of carbonyl (C=O) groups is 1. The number of hydrogen-bond acceptors (Lipinski definition) is 5. The summed E-state index contributed by atoms with van der Waals surface area (Å²) in [5.74, 6) is 1.27. The lowest BCUT2D eigenvalue weighted by molar-refractivity contribution is -0.115. The van der Waals surface area contributed by atoms with Gasteiger partial charge in [-0.1, -0.05) is 50.3 Å². The first-order chi connectivity index (χ1) is 14.7. The Balaban J connectivity index is 1.58. The molecule has 1 N–H and O–H groups in total.